The van der Waals surface area contributed by atoms with Crippen LogP contribution in [0.3, 0.4) is 0 Å². The Morgan fingerprint density at radius 2 is 1.54 bits per heavy atom. The number of anilines is 1. The number of rotatable bonds is 6. The molecule has 4 aromatic rings. The van der Waals surface area contributed by atoms with E-state index < -0.39 is 0 Å². The van der Waals surface area contributed by atoms with Crippen molar-refractivity contribution < 1.29 is 4.79 Å². The fourth-order valence-corrected chi connectivity index (χ4v) is 5.35. The maximum atomic E-state index is 13.0. The van der Waals surface area contributed by atoms with Crippen molar-refractivity contribution in [3.8, 4) is 17.1 Å². The van der Waals surface area contributed by atoms with Gasteiger partial charge in [-0.15, -0.1) is 10.2 Å². The first-order chi connectivity index (χ1) is 17.1. The van der Waals surface area contributed by atoms with Crippen LogP contribution in [0.4, 0.5) is 5.69 Å². The molecule has 5 rings (SSSR count). The van der Waals surface area contributed by atoms with E-state index in [1.807, 2.05) is 88.3 Å². The number of aromatic nitrogens is 3. The minimum absolute atomic E-state index is 0.0858. The summed E-state index contributed by atoms with van der Waals surface area (Å²) in [7, 11) is 0. The van der Waals surface area contributed by atoms with Gasteiger partial charge in [-0.3, -0.25) is 9.36 Å². The molecule has 0 atom stereocenters. The topological polar surface area (TPSA) is 54.3 Å². The molecule has 1 aliphatic heterocycles. The van der Waals surface area contributed by atoms with Crippen LogP contribution < -0.4 is 4.90 Å². The molecule has 3 aromatic carbocycles. The summed E-state index contributed by atoms with van der Waals surface area (Å²) >= 11 is 14.0. The first-order valence-electron chi connectivity index (χ1n) is 11.3. The lowest BCUT2D eigenvalue weighted by Gasteiger charge is -2.36. The molecule has 1 aliphatic rings. The lowest BCUT2D eigenvalue weighted by molar-refractivity contribution is -0.128. The number of benzene rings is 3. The normalized spacial score (nSPS) is 13.8. The summed E-state index contributed by atoms with van der Waals surface area (Å²) in [5.41, 5.74) is 2.79. The molecule has 0 spiro atoms. The van der Waals surface area contributed by atoms with Gasteiger partial charge in [0.05, 0.1) is 10.8 Å². The molecule has 1 fully saturated rings. The third kappa shape index (κ3) is 5.32. The predicted molar refractivity (Wildman–Crippen MR) is 143 cm³/mol. The number of piperazine rings is 1. The van der Waals surface area contributed by atoms with Crippen molar-refractivity contribution >= 4 is 46.6 Å². The van der Waals surface area contributed by atoms with Crippen molar-refractivity contribution in [1.82, 2.24) is 19.7 Å². The fraction of sp³-hybridized carbons (Fsp3) is 0.192. The smallest absolute Gasteiger partial charge is 0.233 e. The number of hydrogen-bond donors (Lipinski definition) is 0. The van der Waals surface area contributed by atoms with Crippen molar-refractivity contribution in [1.29, 1.82) is 0 Å². The quantitative estimate of drug-likeness (QED) is 0.304. The molecule has 1 aromatic heterocycles. The van der Waals surface area contributed by atoms with Crippen LogP contribution >= 0.6 is 35.0 Å². The highest BCUT2D eigenvalue weighted by Crippen LogP contribution is 2.32. The number of para-hydroxylation sites is 1. The number of halogens is 2. The lowest BCUT2D eigenvalue weighted by atomic mass is 10.2. The molecule has 9 heteroatoms. The summed E-state index contributed by atoms with van der Waals surface area (Å²) in [4.78, 5) is 17.2. The summed E-state index contributed by atoms with van der Waals surface area (Å²) in [5.74, 6) is 1.01. The highest BCUT2D eigenvalue weighted by molar-refractivity contribution is 7.99. The van der Waals surface area contributed by atoms with Crippen LogP contribution in [-0.4, -0.2) is 57.5 Å². The van der Waals surface area contributed by atoms with Crippen molar-refractivity contribution in [3.63, 3.8) is 0 Å². The van der Waals surface area contributed by atoms with Gasteiger partial charge in [0.25, 0.3) is 0 Å². The SMILES string of the molecule is O=C(CSc1nnc(-c2ccccc2Cl)n1-c1ccccc1)N1CCN(c2cccc(Cl)c2)CC1. The van der Waals surface area contributed by atoms with Crippen molar-refractivity contribution in [2.75, 3.05) is 36.8 Å². The first-order valence-corrected chi connectivity index (χ1v) is 13.0. The third-order valence-corrected chi connectivity index (χ3v) is 7.37. The Hall–Kier alpha value is -3.00. The van der Waals surface area contributed by atoms with Gasteiger partial charge in [-0.05, 0) is 42.5 Å². The monoisotopic (exact) mass is 523 g/mol. The number of amides is 1. The average molecular weight is 524 g/mol. The molecule has 0 saturated carbocycles. The highest BCUT2D eigenvalue weighted by Gasteiger charge is 2.23. The van der Waals surface area contributed by atoms with E-state index in [0.717, 1.165) is 35.1 Å². The van der Waals surface area contributed by atoms with Gasteiger partial charge in [-0.1, -0.05) is 71.4 Å². The molecule has 0 unspecified atom stereocenters. The molecule has 2 heterocycles. The number of carbonyl (C=O) groups excluding carboxylic acids is 1. The van der Waals surface area contributed by atoms with Gasteiger partial charge in [0.15, 0.2) is 11.0 Å². The number of nitrogens with zero attached hydrogens (tertiary/aromatic N) is 5. The van der Waals surface area contributed by atoms with E-state index in [9.17, 15) is 4.79 Å². The zero-order valence-electron chi connectivity index (χ0n) is 18.8. The van der Waals surface area contributed by atoms with Crippen molar-refractivity contribution in [3.05, 3.63) is 88.9 Å². The van der Waals surface area contributed by atoms with Gasteiger partial charge in [0.1, 0.15) is 0 Å². The van der Waals surface area contributed by atoms with Crippen LogP contribution in [0.25, 0.3) is 17.1 Å². The zero-order valence-corrected chi connectivity index (χ0v) is 21.2. The molecule has 0 N–H and O–H groups in total. The van der Waals surface area contributed by atoms with Gasteiger partial charge >= 0.3 is 0 Å². The molecular weight excluding hydrogens is 501 g/mol. The molecular formula is C26H23Cl2N5OS. The van der Waals surface area contributed by atoms with Crippen LogP contribution in [0.5, 0.6) is 0 Å². The van der Waals surface area contributed by atoms with Gasteiger partial charge < -0.3 is 9.80 Å². The molecule has 35 heavy (non-hydrogen) atoms. The standard InChI is InChI=1S/C26H23Cl2N5OS/c27-19-7-6-10-21(17-19)31-13-15-32(16-14-31)24(34)18-35-26-30-29-25(22-11-4-5-12-23(22)28)33(26)20-8-2-1-3-9-20/h1-12,17H,13-16,18H2. The van der Waals surface area contributed by atoms with Gasteiger partial charge in [-0.25, -0.2) is 0 Å². The number of thioether (sulfide) groups is 1. The van der Waals surface area contributed by atoms with E-state index >= 15 is 0 Å². The van der Waals surface area contributed by atoms with Crippen molar-refractivity contribution in [2.45, 2.75) is 5.16 Å². The highest BCUT2D eigenvalue weighted by atomic mass is 35.5. The Kier molecular flexibility index (Phi) is 7.27. The second-order valence-corrected chi connectivity index (χ2v) is 9.88. The van der Waals surface area contributed by atoms with Crippen molar-refractivity contribution in [2.24, 2.45) is 0 Å². The Bertz CT molecular complexity index is 1320. The Morgan fingerprint density at radius 3 is 2.29 bits per heavy atom. The summed E-state index contributed by atoms with van der Waals surface area (Å²) in [5, 5.41) is 10.8. The van der Waals surface area contributed by atoms with Crippen LogP contribution in [0.1, 0.15) is 0 Å². The molecule has 178 valence electrons. The van der Waals surface area contributed by atoms with Crippen LogP contribution in [0.15, 0.2) is 84.0 Å². The molecule has 6 nitrogen and oxygen atoms in total. The zero-order chi connectivity index (χ0) is 24.2. The van der Waals surface area contributed by atoms with E-state index in [0.29, 0.717) is 29.1 Å². The van der Waals surface area contributed by atoms with Gasteiger partial charge in [0.2, 0.25) is 5.91 Å². The Labute approximate surface area is 218 Å². The maximum absolute atomic E-state index is 13.0. The van der Waals surface area contributed by atoms with E-state index in [2.05, 4.69) is 15.1 Å². The largest absolute Gasteiger partial charge is 0.368 e. The Balaban J connectivity index is 1.29. The summed E-state index contributed by atoms with van der Waals surface area (Å²) in [6.45, 7) is 2.88. The van der Waals surface area contributed by atoms with Gasteiger partial charge in [0, 0.05) is 48.1 Å². The molecule has 1 saturated heterocycles. The van der Waals surface area contributed by atoms with Crippen LogP contribution in [0, 0.1) is 0 Å². The average Bonchev–Trinajstić information content (AvgIpc) is 3.32. The van der Waals surface area contributed by atoms with E-state index in [4.69, 9.17) is 23.2 Å². The summed E-state index contributed by atoms with van der Waals surface area (Å²) < 4.78 is 1.95. The second-order valence-electron chi connectivity index (χ2n) is 8.09. The number of hydrogen-bond acceptors (Lipinski definition) is 5. The minimum Gasteiger partial charge on any atom is -0.368 e. The third-order valence-electron chi connectivity index (χ3n) is 5.89. The Morgan fingerprint density at radius 1 is 0.829 bits per heavy atom. The van der Waals surface area contributed by atoms with Crippen LogP contribution in [0.2, 0.25) is 10.0 Å². The predicted octanol–water partition coefficient (Wildman–Crippen LogP) is 5.68. The van der Waals surface area contributed by atoms with E-state index in [-0.39, 0.29) is 11.7 Å². The van der Waals surface area contributed by atoms with Crippen LogP contribution in [-0.2, 0) is 4.79 Å². The van der Waals surface area contributed by atoms with E-state index in [1.165, 1.54) is 11.8 Å². The summed E-state index contributed by atoms with van der Waals surface area (Å²) in [6, 6.07) is 25.3. The minimum atomic E-state index is 0.0858. The molecule has 1 amide bonds. The summed E-state index contributed by atoms with van der Waals surface area (Å²) in [6.07, 6.45) is 0. The van der Waals surface area contributed by atoms with Gasteiger partial charge in [-0.2, -0.15) is 0 Å². The fourth-order valence-electron chi connectivity index (χ4n) is 4.09. The van der Waals surface area contributed by atoms with E-state index in [1.54, 1.807) is 0 Å². The first kappa shape index (κ1) is 23.7. The number of carbonyl (C=O) groups is 1. The molecule has 0 bridgehead atoms. The molecule has 0 aliphatic carbocycles. The lowest BCUT2D eigenvalue weighted by Crippen LogP contribution is -2.49. The molecule has 0 radical (unpaired) electrons. The second kappa shape index (κ2) is 10.7. The maximum Gasteiger partial charge on any atom is 0.233 e.